The standard InChI is InChI=1S/C14H13BrClFN2/c1-18-14(5-9-4-10(15)8-19-7-9)12-3-2-11(17)6-13(12)16/h2-4,6-8,14,18H,5H2,1H3. The third-order valence-electron chi connectivity index (χ3n) is 2.89. The topological polar surface area (TPSA) is 24.9 Å². The second kappa shape index (κ2) is 6.46. The lowest BCUT2D eigenvalue weighted by molar-refractivity contribution is 0.585. The van der Waals surface area contributed by atoms with Gasteiger partial charge in [-0.3, -0.25) is 4.98 Å². The van der Waals surface area contributed by atoms with E-state index in [1.807, 2.05) is 19.3 Å². The van der Waals surface area contributed by atoms with Crippen LogP contribution in [0.5, 0.6) is 0 Å². The van der Waals surface area contributed by atoms with Crippen molar-refractivity contribution in [2.45, 2.75) is 12.5 Å². The third-order valence-corrected chi connectivity index (χ3v) is 3.65. The van der Waals surface area contributed by atoms with Gasteiger partial charge in [-0.15, -0.1) is 0 Å². The van der Waals surface area contributed by atoms with Gasteiger partial charge < -0.3 is 5.32 Å². The Kier molecular flexibility index (Phi) is 4.91. The zero-order chi connectivity index (χ0) is 13.8. The van der Waals surface area contributed by atoms with Gasteiger partial charge in [-0.05, 0) is 58.7 Å². The van der Waals surface area contributed by atoms with E-state index >= 15 is 0 Å². The molecule has 0 spiro atoms. The van der Waals surface area contributed by atoms with Gasteiger partial charge in [0.15, 0.2) is 0 Å². The minimum absolute atomic E-state index is 0.0178. The summed E-state index contributed by atoms with van der Waals surface area (Å²) in [6.07, 6.45) is 4.28. The number of likely N-dealkylation sites (N-methyl/N-ethyl adjacent to an activating group) is 1. The SMILES string of the molecule is CNC(Cc1cncc(Br)c1)c1ccc(F)cc1Cl. The van der Waals surface area contributed by atoms with Crippen LogP contribution in [0.2, 0.25) is 5.02 Å². The maximum Gasteiger partial charge on any atom is 0.124 e. The molecule has 0 aliphatic carbocycles. The van der Waals surface area contributed by atoms with Gasteiger partial charge in [-0.1, -0.05) is 17.7 Å². The Balaban J connectivity index is 2.25. The average Bonchev–Trinajstić information content (AvgIpc) is 2.37. The number of benzene rings is 1. The molecule has 0 saturated carbocycles. The highest BCUT2D eigenvalue weighted by Crippen LogP contribution is 2.26. The smallest absolute Gasteiger partial charge is 0.124 e. The number of pyridine rings is 1. The summed E-state index contributed by atoms with van der Waals surface area (Å²) in [6.45, 7) is 0. The highest BCUT2D eigenvalue weighted by atomic mass is 79.9. The fraction of sp³-hybridized carbons (Fsp3) is 0.214. The Hall–Kier alpha value is -0.970. The lowest BCUT2D eigenvalue weighted by Gasteiger charge is -2.18. The molecule has 1 atom stereocenters. The highest BCUT2D eigenvalue weighted by molar-refractivity contribution is 9.10. The molecule has 1 N–H and O–H groups in total. The van der Waals surface area contributed by atoms with E-state index in [0.29, 0.717) is 5.02 Å². The first-order valence-electron chi connectivity index (χ1n) is 5.82. The van der Waals surface area contributed by atoms with E-state index in [-0.39, 0.29) is 11.9 Å². The molecule has 0 amide bonds. The maximum absolute atomic E-state index is 13.1. The van der Waals surface area contributed by atoms with Crippen molar-refractivity contribution in [3.8, 4) is 0 Å². The van der Waals surface area contributed by atoms with Crippen LogP contribution in [0, 0.1) is 5.82 Å². The summed E-state index contributed by atoms with van der Waals surface area (Å²) in [5.41, 5.74) is 1.96. The molecule has 0 fully saturated rings. The molecule has 0 aliphatic heterocycles. The lowest BCUT2D eigenvalue weighted by atomic mass is 10.00. The minimum atomic E-state index is -0.326. The zero-order valence-corrected chi connectivity index (χ0v) is 12.7. The average molecular weight is 344 g/mol. The molecular formula is C14H13BrClFN2. The molecule has 100 valence electrons. The molecule has 0 aliphatic rings. The molecule has 1 aromatic carbocycles. The van der Waals surface area contributed by atoms with Gasteiger partial charge in [-0.2, -0.15) is 0 Å². The van der Waals surface area contributed by atoms with E-state index < -0.39 is 0 Å². The van der Waals surface area contributed by atoms with Crippen LogP contribution in [0.3, 0.4) is 0 Å². The van der Waals surface area contributed by atoms with Crippen LogP contribution >= 0.6 is 27.5 Å². The Morgan fingerprint density at radius 1 is 1.37 bits per heavy atom. The zero-order valence-electron chi connectivity index (χ0n) is 10.3. The first kappa shape index (κ1) is 14.4. The number of nitrogens with zero attached hydrogens (tertiary/aromatic N) is 1. The lowest BCUT2D eigenvalue weighted by Crippen LogP contribution is -2.19. The van der Waals surface area contributed by atoms with Crippen molar-refractivity contribution in [1.29, 1.82) is 0 Å². The van der Waals surface area contributed by atoms with Crippen LogP contribution in [0.4, 0.5) is 4.39 Å². The molecule has 0 saturated heterocycles. The van der Waals surface area contributed by atoms with Crippen molar-refractivity contribution in [2.24, 2.45) is 0 Å². The van der Waals surface area contributed by atoms with E-state index in [4.69, 9.17) is 11.6 Å². The first-order chi connectivity index (χ1) is 9.10. The van der Waals surface area contributed by atoms with Crippen LogP contribution in [0.15, 0.2) is 41.1 Å². The van der Waals surface area contributed by atoms with E-state index in [2.05, 4.69) is 26.2 Å². The molecule has 1 heterocycles. The molecular weight excluding hydrogens is 331 g/mol. The van der Waals surface area contributed by atoms with Crippen LogP contribution in [0.25, 0.3) is 0 Å². The van der Waals surface area contributed by atoms with Gasteiger partial charge in [0.25, 0.3) is 0 Å². The van der Waals surface area contributed by atoms with Crippen LogP contribution in [-0.4, -0.2) is 12.0 Å². The molecule has 0 bridgehead atoms. The van der Waals surface area contributed by atoms with Crippen molar-refractivity contribution in [2.75, 3.05) is 7.05 Å². The fourth-order valence-electron chi connectivity index (χ4n) is 1.95. The number of hydrogen-bond donors (Lipinski definition) is 1. The quantitative estimate of drug-likeness (QED) is 0.902. The van der Waals surface area contributed by atoms with Crippen molar-refractivity contribution < 1.29 is 4.39 Å². The predicted molar refractivity (Wildman–Crippen MR) is 78.9 cm³/mol. The molecule has 2 nitrogen and oxygen atoms in total. The monoisotopic (exact) mass is 342 g/mol. The van der Waals surface area contributed by atoms with E-state index in [0.717, 1.165) is 22.0 Å². The van der Waals surface area contributed by atoms with Gasteiger partial charge in [0, 0.05) is 27.9 Å². The van der Waals surface area contributed by atoms with E-state index in [1.54, 1.807) is 12.3 Å². The normalized spacial score (nSPS) is 12.4. The van der Waals surface area contributed by atoms with Crippen LogP contribution in [0.1, 0.15) is 17.2 Å². The van der Waals surface area contributed by atoms with Crippen molar-refractivity contribution in [3.05, 3.63) is 63.1 Å². The highest BCUT2D eigenvalue weighted by Gasteiger charge is 2.14. The largest absolute Gasteiger partial charge is 0.313 e. The van der Waals surface area contributed by atoms with Gasteiger partial charge in [0.1, 0.15) is 5.82 Å². The number of hydrogen-bond acceptors (Lipinski definition) is 2. The summed E-state index contributed by atoms with van der Waals surface area (Å²) < 4.78 is 14.0. The maximum atomic E-state index is 13.1. The van der Waals surface area contributed by atoms with E-state index in [9.17, 15) is 4.39 Å². The predicted octanol–water partition coefficient (Wildman–Crippen LogP) is 4.14. The van der Waals surface area contributed by atoms with Crippen LogP contribution < -0.4 is 5.32 Å². The molecule has 0 radical (unpaired) electrons. The third kappa shape index (κ3) is 3.75. The van der Waals surface area contributed by atoms with Crippen molar-refractivity contribution in [3.63, 3.8) is 0 Å². The summed E-state index contributed by atoms with van der Waals surface area (Å²) in [7, 11) is 1.86. The number of halogens is 3. The van der Waals surface area contributed by atoms with Crippen molar-refractivity contribution >= 4 is 27.5 Å². The summed E-state index contributed by atoms with van der Waals surface area (Å²) in [5.74, 6) is -0.326. The Labute approximate surface area is 125 Å². The molecule has 1 unspecified atom stereocenters. The Bertz CT molecular complexity index is 577. The first-order valence-corrected chi connectivity index (χ1v) is 6.99. The molecule has 5 heteroatoms. The minimum Gasteiger partial charge on any atom is -0.313 e. The fourth-order valence-corrected chi connectivity index (χ4v) is 2.67. The second-order valence-electron chi connectivity index (χ2n) is 4.22. The second-order valence-corrected chi connectivity index (χ2v) is 5.55. The van der Waals surface area contributed by atoms with Crippen LogP contribution in [-0.2, 0) is 6.42 Å². The van der Waals surface area contributed by atoms with Gasteiger partial charge in [0.2, 0.25) is 0 Å². The molecule has 2 aromatic rings. The molecule has 19 heavy (non-hydrogen) atoms. The summed E-state index contributed by atoms with van der Waals surface area (Å²) in [6, 6.07) is 6.49. The number of nitrogens with one attached hydrogen (secondary N) is 1. The summed E-state index contributed by atoms with van der Waals surface area (Å²) in [4.78, 5) is 4.13. The number of aromatic nitrogens is 1. The van der Waals surface area contributed by atoms with E-state index in [1.165, 1.54) is 12.1 Å². The van der Waals surface area contributed by atoms with Crippen molar-refractivity contribution in [1.82, 2.24) is 10.3 Å². The Morgan fingerprint density at radius 2 is 2.16 bits per heavy atom. The van der Waals surface area contributed by atoms with Gasteiger partial charge in [0.05, 0.1) is 0 Å². The Morgan fingerprint density at radius 3 is 2.79 bits per heavy atom. The summed E-state index contributed by atoms with van der Waals surface area (Å²) in [5, 5.41) is 3.63. The summed E-state index contributed by atoms with van der Waals surface area (Å²) >= 11 is 9.49. The van der Waals surface area contributed by atoms with Gasteiger partial charge >= 0.3 is 0 Å². The molecule has 2 rings (SSSR count). The molecule has 1 aromatic heterocycles. The number of rotatable bonds is 4. The van der Waals surface area contributed by atoms with Gasteiger partial charge in [-0.25, -0.2) is 4.39 Å².